The Labute approximate surface area is 135 Å². The van der Waals surface area contributed by atoms with Gasteiger partial charge in [-0.25, -0.2) is 4.98 Å². The molecule has 1 aromatic heterocycles. The second-order valence-electron chi connectivity index (χ2n) is 6.90. The van der Waals surface area contributed by atoms with Gasteiger partial charge in [0.25, 0.3) is 0 Å². The minimum Gasteiger partial charge on any atom is -0.357 e. The highest BCUT2D eigenvalue weighted by atomic mass is 15.2. The number of aromatic nitrogens is 1. The summed E-state index contributed by atoms with van der Waals surface area (Å²) < 4.78 is 0. The first-order valence-electron chi connectivity index (χ1n) is 9.33. The molecule has 0 N–H and O–H groups in total. The van der Waals surface area contributed by atoms with Crippen LogP contribution in [0.2, 0.25) is 0 Å². The number of nitrogens with zero attached hydrogens (tertiary/aromatic N) is 3. The van der Waals surface area contributed by atoms with Gasteiger partial charge in [0.2, 0.25) is 0 Å². The number of anilines is 1. The van der Waals surface area contributed by atoms with Gasteiger partial charge in [-0.05, 0) is 56.8 Å². The molecule has 0 amide bonds. The molecule has 1 unspecified atom stereocenters. The van der Waals surface area contributed by atoms with Gasteiger partial charge in [0.1, 0.15) is 5.82 Å². The predicted molar refractivity (Wildman–Crippen MR) is 93.4 cm³/mol. The third-order valence-corrected chi connectivity index (χ3v) is 5.21. The van der Waals surface area contributed by atoms with Crippen LogP contribution in [-0.4, -0.2) is 36.1 Å². The van der Waals surface area contributed by atoms with Crippen molar-refractivity contribution in [3.63, 3.8) is 0 Å². The van der Waals surface area contributed by atoms with Crippen molar-refractivity contribution in [2.24, 2.45) is 0 Å². The number of hydrogen-bond donors (Lipinski definition) is 0. The van der Waals surface area contributed by atoms with E-state index < -0.39 is 0 Å². The lowest BCUT2D eigenvalue weighted by molar-refractivity contribution is 0.149. The Balaban J connectivity index is 1.69. The molecular weight excluding hydrogens is 270 g/mol. The average Bonchev–Trinajstić information content (AvgIpc) is 2.85. The van der Waals surface area contributed by atoms with E-state index in [1.165, 1.54) is 88.9 Å². The Hall–Kier alpha value is -1.09. The van der Waals surface area contributed by atoms with Gasteiger partial charge in [-0.15, -0.1) is 0 Å². The van der Waals surface area contributed by atoms with Crippen LogP contribution in [0.1, 0.15) is 69.9 Å². The molecule has 2 aliphatic heterocycles. The van der Waals surface area contributed by atoms with E-state index in [2.05, 4.69) is 35.1 Å². The highest BCUT2D eigenvalue weighted by Crippen LogP contribution is 2.31. The Bertz CT molecular complexity index is 432. The molecule has 1 atom stereocenters. The largest absolute Gasteiger partial charge is 0.357 e. The second-order valence-corrected chi connectivity index (χ2v) is 6.90. The number of rotatable bonds is 4. The lowest BCUT2D eigenvalue weighted by Crippen LogP contribution is -2.34. The van der Waals surface area contributed by atoms with Crippen LogP contribution in [0.5, 0.6) is 0 Å². The van der Waals surface area contributed by atoms with E-state index in [-0.39, 0.29) is 0 Å². The third-order valence-electron chi connectivity index (χ3n) is 5.21. The molecule has 2 fully saturated rings. The lowest BCUT2D eigenvalue weighted by atomic mass is 9.96. The van der Waals surface area contributed by atoms with Crippen LogP contribution in [0.3, 0.4) is 0 Å². The molecule has 3 heteroatoms. The van der Waals surface area contributed by atoms with Crippen LogP contribution < -0.4 is 4.90 Å². The van der Waals surface area contributed by atoms with Crippen molar-refractivity contribution in [3.8, 4) is 0 Å². The Morgan fingerprint density at radius 2 is 1.77 bits per heavy atom. The summed E-state index contributed by atoms with van der Waals surface area (Å²) in [6, 6.07) is 5.20. The standard InChI is InChI=1S/C19H31N3/c1-2-12-21-13-8-5-9-18(21)17-10-11-19(20-16-17)22-14-6-3-4-7-15-22/h10-11,16,18H,2-9,12-15H2,1H3. The maximum Gasteiger partial charge on any atom is 0.128 e. The van der Waals surface area contributed by atoms with Gasteiger partial charge < -0.3 is 4.90 Å². The molecule has 0 aliphatic carbocycles. The first-order valence-corrected chi connectivity index (χ1v) is 9.33. The summed E-state index contributed by atoms with van der Waals surface area (Å²) >= 11 is 0. The molecule has 1 aromatic rings. The summed E-state index contributed by atoms with van der Waals surface area (Å²) in [7, 11) is 0. The van der Waals surface area contributed by atoms with E-state index in [9.17, 15) is 0 Å². The minimum absolute atomic E-state index is 0.597. The molecule has 0 aromatic carbocycles. The number of hydrogen-bond acceptors (Lipinski definition) is 3. The van der Waals surface area contributed by atoms with Gasteiger partial charge in [-0.3, -0.25) is 4.90 Å². The fraction of sp³-hybridized carbons (Fsp3) is 0.737. The van der Waals surface area contributed by atoms with Crippen LogP contribution in [0, 0.1) is 0 Å². The van der Waals surface area contributed by atoms with Gasteiger partial charge in [-0.1, -0.05) is 32.3 Å². The van der Waals surface area contributed by atoms with Crippen molar-refractivity contribution >= 4 is 5.82 Å². The molecule has 0 saturated carbocycles. The van der Waals surface area contributed by atoms with Crippen molar-refractivity contribution in [1.82, 2.24) is 9.88 Å². The summed E-state index contributed by atoms with van der Waals surface area (Å²) in [5.41, 5.74) is 1.42. The van der Waals surface area contributed by atoms with Crippen LogP contribution in [-0.2, 0) is 0 Å². The van der Waals surface area contributed by atoms with Crippen molar-refractivity contribution in [3.05, 3.63) is 23.9 Å². The summed E-state index contributed by atoms with van der Waals surface area (Å²) in [4.78, 5) is 9.95. The van der Waals surface area contributed by atoms with Gasteiger partial charge in [0.15, 0.2) is 0 Å². The van der Waals surface area contributed by atoms with Crippen LogP contribution in [0.25, 0.3) is 0 Å². The van der Waals surface area contributed by atoms with E-state index in [1.807, 2.05) is 0 Å². The molecule has 22 heavy (non-hydrogen) atoms. The SMILES string of the molecule is CCCN1CCCCC1c1ccc(N2CCCCCC2)nc1. The van der Waals surface area contributed by atoms with E-state index in [0.29, 0.717) is 6.04 Å². The molecule has 0 bridgehead atoms. The Morgan fingerprint density at radius 3 is 2.45 bits per heavy atom. The average molecular weight is 301 g/mol. The molecule has 3 rings (SSSR count). The zero-order valence-electron chi connectivity index (χ0n) is 14.1. The van der Waals surface area contributed by atoms with Crippen molar-refractivity contribution < 1.29 is 0 Å². The summed E-state index contributed by atoms with van der Waals surface area (Å²) in [5, 5.41) is 0. The number of likely N-dealkylation sites (tertiary alicyclic amines) is 1. The Kier molecular flexibility index (Phi) is 5.71. The molecule has 3 nitrogen and oxygen atoms in total. The van der Waals surface area contributed by atoms with Crippen LogP contribution in [0.15, 0.2) is 18.3 Å². The zero-order chi connectivity index (χ0) is 15.2. The first kappa shape index (κ1) is 15.8. The van der Waals surface area contributed by atoms with Crippen molar-refractivity contribution in [2.45, 2.75) is 64.3 Å². The maximum atomic E-state index is 4.81. The summed E-state index contributed by atoms with van der Waals surface area (Å²) in [6.45, 7) is 7.12. The number of pyridine rings is 1. The molecule has 0 spiro atoms. The van der Waals surface area contributed by atoms with Gasteiger partial charge in [0.05, 0.1) is 0 Å². The topological polar surface area (TPSA) is 19.4 Å². The van der Waals surface area contributed by atoms with E-state index in [1.54, 1.807) is 0 Å². The predicted octanol–water partition coefficient (Wildman–Crippen LogP) is 4.40. The van der Waals surface area contributed by atoms with E-state index >= 15 is 0 Å². The van der Waals surface area contributed by atoms with E-state index in [0.717, 1.165) is 0 Å². The normalized spacial score (nSPS) is 24.2. The van der Waals surface area contributed by atoms with E-state index in [4.69, 9.17) is 4.98 Å². The molecular formula is C19H31N3. The fourth-order valence-corrected chi connectivity index (χ4v) is 4.00. The molecule has 2 saturated heterocycles. The van der Waals surface area contributed by atoms with Gasteiger partial charge in [0, 0.05) is 25.3 Å². The first-order chi connectivity index (χ1) is 10.9. The molecule has 2 aliphatic rings. The second kappa shape index (κ2) is 7.96. The van der Waals surface area contributed by atoms with Crippen molar-refractivity contribution in [2.75, 3.05) is 31.1 Å². The van der Waals surface area contributed by atoms with Gasteiger partial charge in [-0.2, -0.15) is 0 Å². The molecule has 3 heterocycles. The fourth-order valence-electron chi connectivity index (χ4n) is 4.00. The number of piperidine rings is 1. The van der Waals surface area contributed by atoms with Crippen molar-refractivity contribution in [1.29, 1.82) is 0 Å². The Morgan fingerprint density at radius 1 is 1.00 bits per heavy atom. The quantitative estimate of drug-likeness (QED) is 0.821. The highest BCUT2D eigenvalue weighted by Gasteiger charge is 2.23. The minimum atomic E-state index is 0.597. The molecule has 122 valence electrons. The molecule has 0 radical (unpaired) electrons. The summed E-state index contributed by atoms with van der Waals surface area (Å²) in [5.74, 6) is 1.18. The highest BCUT2D eigenvalue weighted by molar-refractivity contribution is 5.40. The third kappa shape index (κ3) is 3.81. The lowest BCUT2D eigenvalue weighted by Gasteiger charge is -2.35. The van der Waals surface area contributed by atoms with Crippen LogP contribution >= 0.6 is 0 Å². The van der Waals surface area contributed by atoms with Crippen LogP contribution in [0.4, 0.5) is 5.82 Å². The van der Waals surface area contributed by atoms with Gasteiger partial charge >= 0.3 is 0 Å². The maximum absolute atomic E-state index is 4.81. The summed E-state index contributed by atoms with van der Waals surface area (Å²) in [6.07, 6.45) is 12.8. The monoisotopic (exact) mass is 301 g/mol. The smallest absolute Gasteiger partial charge is 0.128 e. The zero-order valence-corrected chi connectivity index (χ0v) is 14.1.